The van der Waals surface area contributed by atoms with Crippen LogP contribution in [0.4, 0.5) is 39.5 Å². The molecule has 0 unspecified atom stereocenters. The second-order valence-corrected chi connectivity index (χ2v) is 6.05. The molecule has 0 atom stereocenters. The molecule has 0 radical (unpaired) electrons. The normalized spacial score (nSPS) is 12.1. The predicted octanol–water partition coefficient (Wildman–Crippen LogP) is 6.77. The fourth-order valence-corrected chi connectivity index (χ4v) is 2.37. The zero-order valence-electron chi connectivity index (χ0n) is 14.4. The Bertz CT molecular complexity index is 710. The van der Waals surface area contributed by atoms with Crippen molar-refractivity contribution in [1.29, 1.82) is 5.26 Å². The molecule has 2 nitrogen and oxygen atoms in total. The zero-order valence-corrected chi connectivity index (χ0v) is 14.4. The van der Waals surface area contributed by atoms with Crippen LogP contribution in [0.2, 0.25) is 0 Å². The van der Waals surface area contributed by atoms with Crippen LogP contribution in [-0.2, 0) is 0 Å². The van der Waals surface area contributed by atoms with Crippen LogP contribution in [0.5, 0.6) is 5.75 Å². The molecule has 158 valence electrons. The number of nitrogens with zero attached hydrogens (tertiary/aromatic N) is 1. The molecule has 0 aliphatic carbocycles. The number of ether oxygens (including phenoxy) is 1. The van der Waals surface area contributed by atoms with Crippen LogP contribution in [0.3, 0.4) is 0 Å². The molecule has 0 aliphatic rings. The zero-order chi connectivity index (χ0) is 21.5. The first-order valence-electron chi connectivity index (χ1n) is 8.29. The second-order valence-electron chi connectivity index (χ2n) is 6.05. The summed E-state index contributed by atoms with van der Waals surface area (Å²) in [5, 5.41) is 8.66. The Labute approximate surface area is 154 Å². The SMILES string of the molecule is N#Cc1c(F)c(F)c(F)c(F)c1OC(F)(F)CCCCCCCCC(F)(F)F. The number of nitriles is 1. The Morgan fingerprint density at radius 3 is 1.64 bits per heavy atom. The molecular formula is C17H16F9NO. The van der Waals surface area contributed by atoms with Gasteiger partial charge in [-0.1, -0.05) is 25.7 Å². The molecule has 0 aliphatic heterocycles. The molecule has 0 spiro atoms. The van der Waals surface area contributed by atoms with Crippen molar-refractivity contribution in [3.8, 4) is 11.8 Å². The maximum absolute atomic E-state index is 13.8. The number of unbranched alkanes of at least 4 members (excludes halogenated alkanes) is 5. The molecular weight excluding hydrogens is 405 g/mol. The minimum Gasteiger partial charge on any atom is -0.428 e. The van der Waals surface area contributed by atoms with Crippen LogP contribution in [0, 0.1) is 34.6 Å². The van der Waals surface area contributed by atoms with Crippen molar-refractivity contribution in [3.63, 3.8) is 0 Å². The molecule has 0 saturated heterocycles. The number of alkyl halides is 5. The van der Waals surface area contributed by atoms with Crippen molar-refractivity contribution in [1.82, 2.24) is 0 Å². The van der Waals surface area contributed by atoms with Gasteiger partial charge < -0.3 is 4.74 Å². The van der Waals surface area contributed by atoms with E-state index in [2.05, 4.69) is 4.74 Å². The van der Waals surface area contributed by atoms with E-state index in [4.69, 9.17) is 5.26 Å². The monoisotopic (exact) mass is 421 g/mol. The van der Waals surface area contributed by atoms with Gasteiger partial charge in [0.1, 0.15) is 11.6 Å². The summed E-state index contributed by atoms with van der Waals surface area (Å²) in [6, 6.07) is 0.942. The van der Waals surface area contributed by atoms with Crippen molar-refractivity contribution in [2.75, 3.05) is 0 Å². The highest BCUT2D eigenvalue weighted by Gasteiger charge is 2.36. The van der Waals surface area contributed by atoms with Crippen molar-refractivity contribution in [2.24, 2.45) is 0 Å². The highest BCUT2D eigenvalue weighted by molar-refractivity contribution is 5.46. The summed E-state index contributed by atoms with van der Waals surface area (Å²) in [7, 11) is 0. The first-order valence-corrected chi connectivity index (χ1v) is 8.29. The molecule has 1 aromatic carbocycles. The lowest BCUT2D eigenvalue weighted by atomic mass is 10.1. The molecule has 1 aromatic rings. The third-order valence-electron chi connectivity index (χ3n) is 3.77. The molecule has 1 rings (SSSR count). The summed E-state index contributed by atoms with van der Waals surface area (Å²) in [5.74, 6) is -10.8. The van der Waals surface area contributed by atoms with Crippen LogP contribution >= 0.6 is 0 Å². The van der Waals surface area contributed by atoms with Gasteiger partial charge in [0.2, 0.25) is 11.6 Å². The van der Waals surface area contributed by atoms with Gasteiger partial charge in [0.15, 0.2) is 17.4 Å². The van der Waals surface area contributed by atoms with Gasteiger partial charge in [-0.2, -0.15) is 31.6 Å². The molecule has 0 heterocycles. The highest BCUT2D eigenvalue weighted by atomic mass is 19.4. The van der Waals surface area contributed by atoms with E-state index in [1.807, 2.05) is 0 Å². The van der Waals surface area contributed by atoms with E-state index in [0.717, 1.165) is 6.07 Å². The van der Waals surface area contributed by atoms with Gasteiger partial charge in [-0.25, -0.2) is 13.2 Å². The Kier molecular flexibility index (Phi) is 8.45. The number of halogens is 9. The Hall–Kier alpha value is -2.12. The molecule has 11 heteroatoms. The van der Waals surface area contributed by atoms with Crippen LogP contribution in [0.1, 0.15) is 56.9 Å². The third-order valence-corrected chi connectivity index (χ3v) is 3.77. The van der Waals surface area contributed by atoms with E-state index < -0.39 is 59.7 Å². The van der Waals surface area contributed by atoms with Gasteiger partial charge in [-0.05, 0) is 12.8 Å². The summed E-state index contributed by atoms with van der Waals surface area (Å²) in [4.78, 5) is 0. The molecule has 0 aromatic heterocycles. The fourth-order valence-electron chi connectivity index (χ4n) is 2.37. The lowest BCUT2D eigenvalue weighted by Crippen LogP contribution is -2.26. The third kappa shape index (κ3) is 7.13. The van der Waals surface area contributed by atoms with Gasteiger partial charge in [0.05, 0.1) is 6.42 Å². The largest absolute Gasteiger partial charge is 0.428 e. The quantitative estimate of drug-likeness (QED) is 0.181. The summed E-state index contributed by atoms with van der Waals surface area (Å²) >= 11 is 0. The van der Waals surface area contributed by atoms with Crippen LogP contribution in [-0.4, -0.2) is 12.3 Å². The average Bonchev–Trinajstić information content (AvgIpc) is 2.59. The first kappa shape index (κ1) is 23.9. The van der Waals surface area contributed by atoms with E-state index in [-0.39, 0.29) is 25.7 Å². The lowest BCUT2D eigenvalue weighted by molar-refractivity contribution is -0.183. The van der Waals surface area contributed by atoms with E-state index in [0.29, 0.717) is 12.8 Å². The number of hydrogen-bond donors (Lipinski definition) is 0. The van der Waals surface area contributed by atoms with Crippen molar-refractivity contribution in [2.45, 2.75) is 63.7 Å². The minimum absolute atomic E-state index is 0.0688. The smallest absolute Gasteiger partial charge is 0.397 e. The Morgan fingerprint density at radius 1 is 0.679 bits per heavy atom. The Balaban J connectivity index is 2.54. The maximum Gasteiger partial charge on any atom is 0.397 e. The summed E-state index contributed by atoms with van der Waals surface area (Å²) in [6.45, 7) is 0. The molecule has 0 saturated carbocycles. The van der Waals surface area contributed by atoms with E-state index in [1.165, 1.54) is 0 Å². The average molecular weight is 421 g/mol. The standard InChI is InChI=1S/C17H16F9NO/c18-11-10(9-27)15(14(21)13(20)12(11)19)28-17(25,26)8-6-4-2-1-3-5-7-16(22,23)24/h1-8H2. The van der Waals surface area contributed by atoms with Crippen molar-refractivity contribution >= 4 is 0 Å². The van der Waals surface area contributed by atoms with E-state index in [1.54, 1.807) is 0 Å². The van der Waals surface area contributed by atoms with Gasteiger partial charge >= 0.3 is 12.3 Å². The molecule has 0 fully saturated rings. The summed E-state index contributed by atoms with van der Waals surface area (Å²) in [6.07, 6.45) is -9.27. The number of rotatable bonds is 10. The first-order chi connectivity index (χ1) is 12.9. The van der Waals surface area contributed by atoms with Gasteiger partial charge in [0, 0.05) is 6.42 Å². The minimum atomic E-state index is -4.24. The molecule has 0 amide bonds. The van der Waals surface area contributed by atoms with E-state index >= 15 is 0 Å². The van der Waals surface area contributed by atoms with E-state index in [9.17, 15) is 39.5 Å². The van der Waals surface area contributed by atoms with Gasteiger partial charge in [0.25, 0.3) is 0 Å². The summed E-state index contributed by atoms with van der Waals surface area (Å²) < 4.78 is 121. The Morgan fingerprint density at radius 2 is 1.14 bits per heavy atom. The van der Waals surface area contributed by atoms with Gasteiger partial charge in [-0.3, -0.25) is 0 Å². The molecule has 0 N–H and O–H groups in total. The lowest BCUT2D eigenvalue weighted by Gasteiger charge is -2.19. The molecule has 0 bridgehead atoms. The van der Waals surface area contributed by atoms with Crippen LogP contribution in [0.25, 0.3) is 0 Å². The van der Waals surface area contributed by atoms with Crippen molar-refractivity contribution in [3.05, 3.63) is 28.8 Å². The summed E-state index contributed by atoms with van der Waals surface area (Å²) in [5.41, 5.74) is -1.53. The number of benzene rings is 1. The van der Waals surface area contributed by atoms with Crippen LogP contribution in [0.15, 0.2) is 0 Å². The highest BCUT2D eigenvalue weighted by Crippen LogP contribution is 2.35. The second kappa shape index (κ2) is 9.89. The molecule has 28 heavy (non-hydrogen) atoms. The topological polar surface area (TPSA) is 33.0 Å². The van der Waals surface area contributed by atoms with Gasteiger partial charge in [-0.15, -0.1) is 0 Å². The predicted molar refractivity (Wildman–Crippen MR) is 79.6 cm³/mol. The fraction of sp³-hybridized carbons (Fsp3) is 0.588. The number of hydrogen-bond acceptors (Lipinski definition) is 2. The van der Waals surface area contributed by atoms with Crippen LogP contribution < -0.4 is 4.74 Å². The van der Waals surface area contributed by atoms with Crippen molar-refractivity contribution < 1.29 is 44.3 Å². The maximum atomic E-state index is 13.8.